The van der Waals surface area contributed by atoms with E-state index in [9.17, 15) is 19.7 Å². The van der Waals surface area contributed by atoms with E-state index in [0.717, 1.165) is 4.47 Å². The van der Waals surface area contributed by atoms with E-state index in [1.807, 2.05) is 0 Å². The molecule has 0 spiro atoms. The number of halogens is 1. The molecule has 25 heavy (non-hydrogen) atoms. The lowest BCUT2D eigenvalue weighted by atomic mass is 10.1. The fraction of sp³-hybridized carbons (Fsp3) is 0.176. The number of nitrogens with zero attached hydrogens (tertiary/aromatic N) is 1. The highest BCUT2D eigenvalue weighted by Crippen LogP contribution is 2.19. The number of ether oxygens (including phenoxy) is 1. The largest absolute Gasteiger partial charge is 0.452 e. The molecule has 0 aliphatic carbocycles. The Labute approximate surface area is 152 Å². The molecule has 0 saturated carbocycles. The van der Waals surface area contributed by atoms with Crippen LogP contribution in [0.15, 0.2) is 53.0 Å². The molecule has 2 aromatic carbocycles. The molecule has 0 aliphatic rings. The van der Waals surface area contributed by atoms with Crippen molar-refractivity contribution in [2.75, 3.05) is 5.32 Å². The molecule has 1 N–H and O–H groups in total. The first-order chi connectivity index (χ1) is 11.9. The van der Waals surface area contributed by atoms with Crippen LogP contribution in [0.2, 0.25) is 0 Å². The zero-order valence-corrected chi connectivity index (χ0v) is 14.9. The van der Waals surface area contributed by atoms with Crippen LogP contribution in [0.1, 0.15) is 12.5 Å². The Morgan fingerprint density at radius 1 is 1.20 bits per heavy atom. The van der Waals surface area contributed by atoms with Gasteiger partial charge in [-0.3, -0.25) is 19.7 Å². The van der Waals surface area contributed by atoms with Gasteiger partial charge in [-0.2, -0.15) is 0 Å². The third-order valence-corrected chi connectivity index (χ3v) is 3.84. The average Bonchev–Trinajstić information content (AvgIpc) is 2.57. The second-order valence-corrected chi connectivity index (χ2v) is 6.11. The fourth-order valence-corrected chi connectivity index (χ4v) is 2.33. The van der Waals surface area contributed by atoms with Crippen LogP contribution in [-0.2, 0) is 20.7 Å². The molecule has 0 bridgehead atoms. The zero-order valence-electron chi connectivity index (χ0n) is 13.3. The quantitative estimate of drug-likeness (QED) is 0.449. The predicted molar refractivity (Wildman–Crippen MR) is 95.1 cm³/mol. The van der Waals surface area contributed by atoms with Gasteiger partial charge in [0.05, 0.1) is 11.3 Å². The minimum Gasteiger partial charge on any atom is -0.452 e. The van der Waals surface area contributed by atoms with Crippen molar-refractivity contribution in [3.05, 3.63) is 68.7 Å². The van der Waals surface area contributed by atoms with Gasteiger partial charge in [0.25, 0.3) is 11.6 Å². The first-order valence-corrected chi connectivity index (χ1v) is 8.14. The highest BCUT2D eigenvalue weighted by molar-refractivity contribution is 9.10. The Balaban J connectivity index is 1.94. The van der Waals surface area contributed by atoms with Gasteiger partial charge < -0.3 is 10.1 Å². The van der Waals surface area contributed by atoms with Crippen molar-refractivity contribution in [2.24, 2.45) is 0 Å². The molecule has 7 nitrogen and oxygen atoms in total. The van der Waals surface area contributed by atoms with Gasteiger partial charge in [-0.1, -0.05) is 34.1 Å². The molecule has 0 fully saturated rings. The number of nitro groups is 1. The number of carbonyl (C=O) groups excluding carboxylic acids is 2. The van der Waals surface area contributed by atoms with Gasteiger partial charge in [-0.15, -0.1) is 0 Å². The number of hydrogen-bond donors (Lipinski definition) is 1. The molecule has 130 valence electrons. The summed E-state index contributed by atoms with van der Waals surface area (Å²) in [6, 6.07) is 12.8. The van der Waals surface area contributed by atoms with E-state index in [-0.39, 0.29) is 17.7 Å². The van der Waals surface area contributed by atoms with E-state index in [1.54, 1.807) is 30.3 Å². The first kappa shape index (κ1) is 18.6. The van der Waals surface area contributed by atoms with E-state index < -0.39 is 22.9 Å². The SMILES string of the molecule is C[C@H](OC(=O)Cc1ccccc1[N+](=O)[O-])C(=O)Nc1ccc(Br)cc1. The summed E-state index contributed by atoms with van der Waals surface area (Å²) in [4.78, 5) is 34.4. The summed E-state index contributed by atoms with van der Waals surface area (Å²) in [7, 11) is 0. The fourth-order valence-electron chi connectivity index (χ4n) is 2.06. The Bertz CT molecular complexity index is 792. The topological polar surface area (TPSA) is 98.5 Å². The number of rotatable bonds is 6. The van der Waals surface area contributed by atoms with Crippen molar-refractivity contribution in [3.63, 3.8) is 0 Å². The van der Waals surface area contributed by atoms with E-state index in [0.29, 0.717) is 5.69 Å². The molecule has 2 aromatic rings. The Kier molecular flexibility index (Phi) is 6.24. The third kappa shape index (κ3) is 5.39. The van der Waals surface area contributed by atoms with Gasteiger partial charge in [-0.05, 0) is 31.2 Å². The van der Waals surface area contributed by atoms with Crippen LogP contribution in [0.4, 0.5) is 11.4 Å². The van der Waals surface area contributed by atoms with Gasteiger partial charge in [-0.25, -0.2) is 0 Å². The number of benzene rings is 2. The number of para-hydroxylation sites is 1. The highest BCUT2D eigenvalue weighted by atomic mass is 79.9. The Hall–Kier alpha value is -2.74. The van der Waals surface area contributed by atoms with Crippen LogP contribution in [0.3, 0.4) is 0 Å². The molecule has 0 heterocycles. The van der Waals surface area contributed by atoms with Gasteiger partial charge in [0.1, 0.15) is 0 Å². The van der Waals surface area contributed by atoms with Gasteiger partial charge in [0.2, 0.25) is 0 Å². The lowest BCUT2D eigenvalue weighted by molar-refractivity contribution is -0.385. The molecule has 8 heteroatoms. The number of amides is 1. The van der Waals surface area contributed by atoms with Gasteiger partial charge in [0, 0.05) is 21.8 Å². The summed E-state index contributed by atoms with van der Waals surface area (Å²) in [6.45, 7) is 1.44. The molecule has 1 atom stereocenters. The van der Waals surface area contributed by atoms with Crippen molar-refractivity contribution in [2.45, 2.75) is 19.4 Å². The first-order valence-electron chi connectivity index (χ1n) is 7.35. The van der Waals surface area contributed by atoms with Crippen LogP contribution in [0.25, 0.3) is 0 Å². The lowest BCUT2D eigenvalue weighted by Gasteiger charge is -2.13. The maximum Gasteiger partial charge on any atom is 0.311 e. The zero-order chi connectivity index (χ0) is 18.4. The molecule has 2 rings (SSSR count). The normalized spacial score (nSPS) is 11.4. The van der Waals surface area contributed by atoms with Crippen molar-refractivity contribution in [3.8, 4) is 0 Å². The molecular formula is C17H15BrN2O5. The van der Waals surface area contributed by atoms with Gasteiger partial charge >= 0.3 is 5.97 Å². The minimum absolute atomic E-state index is 0.161. The molecule has 0 aliphatic heterocycles. The van der Waals surface area contributed by atoms with Crippen LogP contribution in [0, 0.1) is 10.1 Å². The van der Waals surface area contributed by atoms with Gasteiger partial charge in [0.15, 0.2) is 6.10 Å². The second kappa shape index (κ2) is 8.39. The maximum absolute atomic E-state index is 12.1. The highest BCUT2D eigenvalue weighted by Gasteiger charge is 2.21. The van der Waals surface area contributed by atoms with Crippen LogP contribution in [0.5, 0.6) is 0 Å². The Morgan fingerprint density at radius 3 is 2.48 bits per heavy atom. The molecule has 0 unspecified atom stereocenters. The van der Waals surface area contributed by atoms with Crippen LogP contribution in [-0.4, -0.2) is 22.9 Å². The number of nitro benzene ring substituents is 1. The van der Waals surface area contributed by atoms with Crippen LogP contribution < -0.4 is 5.32 Å². The summed E-state index contributed by atoms with van der Waals surface area (Å²) in [5, 5.41) is 13.6. The summed E-state index contributed by atoms with van der Waals surface area (Å²) < 4.78 is 5.93. The third-order valence-electron chi connectivity index (χ3n) is 3.31. The lowest BCUT2D eigenvalue weighted by Crippen LogP contribution is -2.30. The number of carbonyl (C=O) groups is 2. The number of hydrogen-bond acceptors (Lipinski definition) is 5. The summed E-state index contributed by atoms with van der Waals surface area (Å²) in [6.07, 6.45) is -1.31. The number of esters is 1. The molecule has 0 saturated heterocycles. The average molecular weight is 407 g/mol. The second-order valence-electron chi connectivity index (χ2n) is 5.19. The minimum atomic E-state index is -1.03. The monoisotopic (exact) mass is 406 g/mol. The Morgan fingerprint density at radius 2 is 1.84 bits per heavy atom. The molecule has 0 radical (unpaired) electrons. The summed E-state index contributed by atoms with van der Waals surface area (Å²) >= 11 is 3.29. The molecule has 1 amide bonds. The smallest absolute Gasteiger partial charge is 0.311 e. The standard InChI is InChI=1S/C17H15BrN2O5/c1-11(17(22)19-14-8-6-13(18)7-9-14)25-16(21)10-12-4-2-3-5-15(12)20(23)24/h2-9,11H,10H2,1H3,(H,19,22)/t11-/m0/s1. The van der Waals surface area contributed by atoms with Crippen molar-refractivity contribution in [1.82, 2.24) is 0 Å². The van der Waals surface area contributed by atoms with E-state index >= 15 is 0 Å². The molecular weight excluding hydrogens is 392 g/mol. The number of nitrogens with one attached hydrogen (secondary N) is 1. The maximum atomic E-state index is 12.1. The summed E-state index contributed by atoms with van der Waals surface area (Å²) in [5.41, 5.74) is 0.638. The predicted octanol–water partition coefficient (Wildman–Crippen LogP) is 3.47. The van der Waals surface area contributed by atoms with Crippen molar-refractivity contribution < 1.29 is 19.2 Å². The van der Waals surface area contributed by atoms with E-state index in [1.165, 1.54) is 25.1 Å². The summed E-state index contributed by atoms with van der Waals surface area (Å²) in [5.74, 6) is -1.20. The van der Waals surface area contributed by atoms with Crippen molar-refractivity contribution in [1.29, 1.82) is 0 Å². The van der Waals surface area contributed by atoms with Crippen LogP contribution >= 0.6 is 15.9 Å². The van der Waals surface area contributed by atoms with Crippen molar-refractivity contribution >= 4 is 39.2 Å². The van der Waals surface area contributed by atoms with E-state index in [2.05, 4.69) is 21.2 Å². The number of anilines is 1. The molecule has 0 aromatic heterocycles. The van der Waals surface area contributed by atoms with E-state index in [4.69, 9.17) is 4.74 Å².